The van der Waals surface area contributed by atoms with Crippen molar-refractivity contribution in [1.29, 1.82) is 0 Å². The highest BCUT2D eigenvalue weighted by Crippen LogP contribution is 2.20. The lowest BCUT2D eigenvalue weighted by atomic mass is 10.0. The lowest BCUT2D eigenvalue weighted by Gasteiger charge is -2.18. The molecule has 2 rings (SSSR count). The van der Waals surface area contributed by atoms with Crippen molar-refractivity contribution in [2.45, 2.75) is 19.4 Å². The average Bonchev–Trinajstić information content (AvgIpc) is 2.53. The van der Waals surface area contributed by atoms with E-state index in [0.29, 0.717) is 0 Å². The van der Waals surface area contributed by atoms with Gasteiger partial charge in [0.1, 0.15) is 5.75 Å². The van der Waals surface area contributed by atoms with Crippen molar-refractivity contribution in [3.05, 3.63) is 60.2 Å². The molecule has 0 fully saturated rings. The van der Waals surface area contributed by atoms with E-state index in [1.807, 2.05) is 61.5 Å². The number of nitrogens with one attached hydrogen (secondary N) is 2. The lowest BCUT2D eigenvalue weighted by molar-refractivity contribution is 0.248. The molecule has 0 aromatic heterocycles. The normalized spacial score (nSPS) is 11.5. The second kappa shape index (κ2) is 7.33. The first-order valence-corrected chi connectivity index (χ1v) is 6.99. The van der Waals surface area contributed by atoms with Crippen molar-refractivity contribution in [1.82, 2.24) is 5.32 Å². The first-order chi connectivity index (χ1) is 10.2. The van der Waals surface area contributed by atoms with Crippen molar-refractivity contribution in [3.63, 3.8) is 0 Å². The maximum atomic E-state index is 12.0. The van der Waals surface area contributed by atoms with Crippen LogP contribution in [-0.2, 0) is 0 Å². The fraction of sp³-hybridized carbons (Fsp3) is 0.235. The molecule has 110 valence electrons. The molecule has 2 amide bonds. The molecule has 4 heteroatoms. The molecule has 2 aromatic rings. The van der Waals surface area contributed by atoms with E-state index in [0.717, 1.165) is 23.4 Å². The minimum Gasteiger partial charge on any atom is -0.497 e. The Morgan fingerprint density at radius 3 is 2.33 bits per heavy atom. The van der Waals surface area contributed by atoms with Gasteiger partial charge in [0.15, 0.2) is 0 Å². The smallest absolute Gasteiger partial charge is 0.319 e. The van der Waals surface area contributed by atoms with E-state index >= 15 is 0 Å². The van der Waals surface area contributed by atoms with E-state index in [1.54, 1.807) is 7.11 Å². The highest BCUT2D eigenvalue weighted by molar-refractivity contribution is 5.89. The molecule has 0 aliphatic rings. The number of para-hydroxylation sites is 1. The topological polar surface area (TPSA) is 50.4 Å². The number of carbonyl (C=O) groups excluding carboxylic acids is 1. The van der Waals surface area contributed by atoms with Gasteiger partial charge >= 0.3 is 6.03 Å². The maximum absolute atomic E-state index is 12.0. The average molecular weight is 284 g/mol. The summed E-state index contributed by atoms with van der Waals surface area (Å²) in [5.74, 6) is 0.808. The molecular weight excluding hydrogens is 264 g/mol. The van der Waals surface area contributed by atoms with E-state index in [4.69, 9.17) is 4.74 Å². The Labute approximate surface area is 125 Å². The summed E-state index contributed by atoms with van der Waals surface area (Å²) in [4.78, 5) is 12.0. The van der Waals surface area contributed by atoms with Crippen LogP contribution in [0.5, 0.6) is 5.75 Å². The summed E-state index contributed by atoms with van der Waals surface area (Å²) in [6, 6.07) is 16.9. The van der Waals surface area contributed by atoms with Gasteiger partial charge in [-0.05, 0) is 36.2 Å². The summed E-state index contributed by atoms with van der Waals surface area (Å²) in [5.41, 5.74) is 1.83. The molecule has 4 nitrogen and oxygen atoms in total. The second-order valence-electron chi connectivity index (χ2n) is 4.70. The fourth-order valence-corrected chi connectivity index (χ4v) is 2.10. The number of hydrogen-bond acceptors (Lipinski definition) is 2. The van der Waals surface area contributed by atoms with Gasteiger partial charge in [-0.2, -0.15) is 0 Å². The third-order valence-electron chi connectivity index (χ3n) is 3.26. The summed E-state index contributed by atoms with van der Waals surface area (Å²) in [5, 5.41) is 5.80. The SMILES string of the molecule is CCC(NC(=O)Nc1ccccc1)c1ccc(OC)cc1. The molecule has 0 aliphatic carbocycles. The van der Waals surface area contributed by atoms with Crippen LogP contribution in [-0.4, -0.2) is 13.1 Å². The zero-order chi connectivity index (χ0) is 15.1. The Bertz CT molecular complexity index is 567. The Hall–Kier alpha value is -2.49. The Morgan fingerprint density at radius 2 is 1.76 bits per heavy atom. The molecule has 0 bridgehead atoms. The molecule has 2 aromatic carbocycles. The van der Waals surface area contributed by atoms with Gasteiger partial charge < -0.3 is 15.4 Å². The van der Waals surface area contributed by atoms with Crippen LogP contribution in [0.25, 0.3) is 0 Å². The van der Waals surface area contributed by atoms with Crippen molar-refractivity contribution >= 4 is 11.7 Å². The molecule has 0 spiro atoms. The summed E-state index contributed by atoms with van der Waals surface area (Å²) in [7, 11) is 1.64. The molecule has 0 aliphatic heterocycles. The predicted molar refractivity (Wildman–Crippen MR) is 84.6 cm³/mol. The van der Waals surface area contributed by atoms with Gasteiger partial charge in [-0.3, -0.25) is 0 Å². The van der Waals surface area contributed by atoms with Gasteiger partial charge in [0, 0.05) is 5.69 Å². The zero-order valence-electron chi connectivity index (χ0n) is 12.3. The first kappa shape index (κ1) is 14.9. The van der Waals surface area contributed by atoms with Gasteiger partial charge in [0.25, 0.3) is 0 Å². The molecule has 0 radical (unpaired) electrons. The number of rotatable bonds is 5. The third-order valence-corrected chi connectivity index (χ3v) is 3.26. The third kappa shape index (κ3) is 4.24. The molecule has 21 heavy (non-hydrogen) atoms. The van der Waals surface area contributed by atoms with Crippen LogP contribution < -0.4 is 15.4 Å². The summed E-state index contributed by atoms with van der Waals surface area (Å²) < 4.78 is 5.14. The van der Waals surface area contributed by atoms with Crippen LogP contribution >= 0.6 is 0 Å². The maximum Gasteiger partial charge on any atom is 0.319 e. The van der Waals surface area contributed by atoms with Gasteiger partial charge in [0.05, 0.1) is 13.2 Å². The molecule has 2 N–H and O–H groups in total. The van der Waals surface area contributed by atoms with Gasteiger partial charge in [-0.1, -0.05) is 37.3 Å². The van der Waals surface area contributed by atoms with Crippen molar-refractivity contribution in [2.24, 2.45) is 0 Å². The molecule has 0 saturated heterocycles. The molecule has 0 heterocycles. The number of amides is 2. The Balaban J connectivity index is 1.99. The first-order valence-electron chi connectivity index (χ1n) is 6.99. The number of ether oxygens (including phenoxy) is 1. The predicted octanol–water partition coefficient (Wildman–Crippen LogP) is 3.97. The summed E-state index contributed by atoms with van der Waals surface area (Å²) in [6.07, 6.45) is 0.814. The van der Waals surface area contributed by atoms with Crippen LogP contribution in [0.2, 0.25) is 0 Å². The van der Waals surface area contributed by atoms with Gasteiger partial charge in [0.2, 0.25) is 0 Å². The zero-order valence-corrected chi connectivity index (χ0v) is 12.3. The van der Waals surface area contributed by atoms with E-state index in [9.17, 15) is 4.79 Å². The lowest BCUT2D eigenvalue weighted by Crippen LogP contribution is -2.32. The highest BCUT2D eigenvalue weighted by atomic mass is 16.5. The van der Waals surface area contributed by atoms with Crippen LogP contribution in [0.3, 0.4) is 0 Å². The molecular formula is C17H20N2O2. The minimum absolute atomic E-state index is 0.0281. The monoisotopic (exact) mass is 284 g/mol. The molecule has 0 saturated carbocycles. The van der Waals surface area contributed by atoms with Crippen LogP contribution in [0, 0.1) is 0 Å². The molecule has 1 unspecified atom stereocenters. The standard InChI is InChI=1S/C17H20N2O2/c1-3-16(13-9-11-15(21-2)12-10-13)19-17(20)18-14-7-5-4-6-8-14/h4-12,16H,3H2,1-2H3,(H2,18,19,20). The van der Waals surface area contributed by atoms with E-state index in [2.05, 4.69) is 10.6 Å². The number of urea groups is 1. The number of hydrogen-bond donors (Lipinski definition) is 2. The second-order valence-corrected chi connectivity index (χ2v) is 4.70. The minimum atomic E-state index is -0.205. The number of methoxy groups -OCH3 is 1. The van der Waals surface area contributed by atoms with E-state index < -0.39 is 0 Å². The van der Waals surface area contributed by atoms with E-state index in [-0.39, 0.29) is 12.1 Å². The van der Waals surface area contributed by atoms with E-state index in [1.165, 1.54) is 0 Å². The van der Waals surface area contributed by atoms with Crippen molar-refractivity contribution < 1.29 is 9.53 Å². The van der Waals surface area contributed by atoms with Crippen LogP contribution in [0.1, 0.15) is 24.9 Å². The van der Waals surface area contributed by atoms with Crippen LogP contribution in [0.4, 0.5) is 10.5 Å². The highest BCUT2D eigenvalue weighted by Gasteiger charge is 2.12. The quantitative estimate of drug-likeness (QED) is 0.873. The fourth-order valence-electron chi connectivity index (χ4n) is 2.10. The Kier molecular flexibility index (Phi) is 5.21. The van der Waals surface area contributed by atoms with Gasteiger partial charge in [-0.15, -0.1) is 0 Å². The largest absolute Gasteiger partial charge is 0.497 e. The van der Waals surface area contributed by atoms with Crippen molar-refractivity contribution in [3.8, 4) is 5.75 Å². The number of anilines is 1. The Morgan fingerprint density at radius 1 is 1.10 bits per heavy atom. The van der Waals surface area contributed by atoms with Crippen molar-refractivity contribution in [2.75, 3.05) is 12.4 Å². The van der Waals surface area contributed by atoms with Crippen LogP contribution in [0.15, 0.2) is 54.6 Å². The molecule has 1 atom stereocenters. The number of carbonyl (C=O) groups is 1. The summed E-state index contributed by atoms with van der Waals surface area (Å²) in [6.45, 7) is 2.04. The summed E-state index contributed by atoms with van der Waals surface area (Å²) >= 11 is 0. The van der Waals surface area contributed by atoms with Gasteiger partial charge in [-0.25, -0.2) is 4.79 Å². The number of benzene rings is 2.